The molecule has 0 atom stereocenters. The molecule has 0 aliphatic rings. The summed E-state index contributed by atoms with van der Waals surface area (Å²) in [6.45, 7) is 5.06. The lowest BCUT2D eigenvalue weighted by Crippen LogP contribution is -2.32. The van der Waals surface area contributed by atoms with E-state index in [1.165, 1.54) is 24.3 Å². The molecule has 2 aromatic carbocycles. The number of carbonyl (C=O) groups excluding carboxylic acids is 1. The third kappa shape index (κ3) is 5.26. The van der Waals surface area contributed by atoms with Gasteiger partial charge in [-0.2, -0.15) is 0 Å². The maximum absolute atomic E-state index is 13.8. The maximum atomic E-state index is 13.8. The largest absolute Gasteiger partial charge is 0.339 e. The van der Waals surface area contributed by atoms with Gasteiger partial charge in [-0.25, -0.2) is 17.2 Å². The van der Waals surface area contributed by atoms with Gasteiger partial charge in [-0.1, -0.05) is 19.9 Å². The van der Waals surface area contributed by atoms with Gasteiger partial charge in [0, 0.05) is 24.7 Å². The van der Waals surface area contributed by atoms with E-state index >= 15 is 0 Å². The summed E-state index contributed by atoms with van der Waals surface area (Å²) < 4.78 is 53.9. The monoisotopic (exact) mass is 396 g/mol. The third-order valence-electron chi connectivity index (χ3n) is 3.84. The zero-order chi connectivity index (χ0) is 20.0. The highest BCUT2D eigenvalue weighted by molar-refractivity contribution is 7.92. The lowest BCUT2D eigenvalue weighted by Gasteiger charge is -2.21. The Bertz CT molecular complexity index is 911. The zero-order valence-electron chi connectivity index (χ0n) is 15.2. The molecule has 0 saturated heterocycles. The van der Waals surface area contributed by atoms with Crippen LogP contribution in [0, 0.1) is 11.6 Å². The van der Waals surface area contributed by atoms with Gasteiger partial charge in [0.25, 0.3) is 15.9 Å². The fourth-order valence-electron chi connectivity index (χ4n) is 2.61. The second kappa shape index (κ2) is 8.94. The number of hydrogen-bond acceptors (Lipinski definition) is 3. The van der Waals surface area contributed by atoms with Crippen LogP contribution in [0.4, 0.5) is 14.5 Å². The number of rotatable bonds is 8. The molecule has 1 amide bonds. The van der Waals surface area contributed by atoms with Gasteiger partial charge in [0.2, 0.25) is 0 Å². The number of amides is 1. The standard InChI is InChI=1S/C19H22F2N2O3S/c1-3-10-23(11-4-2)19(24)14-6-5-7-16(12-14)27(25,26)22-18-9-8-15(20)13-17(18)21/h5-9,12-13,22H,3-4,10-11H2,1-2H3. The fraction of sp³-hybridized carbons (Fsp3) is 0.316. The Balaban J connectivity index is 2.30. The summed E-state index contributed by atoms with van der Waals surface area (Å²) in [7, 11) is -4.14. The van der Waals surface area contributed by atoms with Crippen molar-refractivity contribution < 1.29 is 22.0 Å². The smallest absolute Gasteiger partial charge is 0.262 e. The summed E-state index contributed by atoms with van der Waals surface area (Å²) in [6, 6.07) is 8.10. The average Bonchev–Trinajstić information content (AvgIpc) is 2.63. The molecule has 0 bridgehead atoms. The molecule has 27 heavy (non-hydrogen) atoms. The van der Waals surface area contributed by atoms with Crippen LogP contribution in [-0.4, -0.2) is 32.3 Å². The van der Waals surface area contributed by atoms with E-state index in [9.17, 15) is 22.0 Å². The Kier molecular flexibility index (Phi) is 6.90. The van der Waals surface area contributed by atoms with Gasteiger partial charge in [0.15, 0.2) is 0 Å². The van der Waals surface area contributed by atoms with Crippen molar-refractivity contribution in [2.75, 3.05) is 17.8 Å². The first-order valence-electron chi connectivity index (χ1n) is 8.65. The number of sulfonamides is 1. The van der Waals surface area contributed by atoms with Crippen LogP contribution in [0.15, 0.2) is 47.4 Å². The Morgan fingerprint density at radius 2 is 1.70 bits per heavy atom. The lowest BCUT2D eigenvalue weighted by molar-refractivity contribution is 0.0755. The molecule has 0 saturated carbocycles. The maximum Gasteiger partial charge on any atom is 0.262 e. The fourth-order valence-corrected chi connectivity index (χ4v) is 3.72. The summed E-state index contributed by atoms with van der Waals surface area (Å²) in [5.74, 6) is -2.10. The molecule has 2 rings (SSSR count). The van der Waals surface area contributed by atoms with E-state index in [1.807, 2.05) is 13.8 Å². The number of anilines is 1. The van der Waals surface area contributed by atoms with Crippen molar-refractivity contribution in [2.45, 2.75) is 31.6 Å². The van der Waals surface area contributed by atoms with Gasteiger partial charge in [-0.05, 0) is 43.2 Å². The number of nitrogens with one attached hydrogen (secondary N) is 1. The van der Waals surface area contributed by atoms with Crippen molar-refractivity contribution in [3.63, 3.8) is 0 Å². The predicted octanol–water partition coefficient (Wildman–Crippen LogP) is 4.03. The number of nitrogens with zero attached hydrogens (tertiary/aromatic N) is 1. The molecule has 2 aromatic rings. The van der Waals surface area contributed by atoms with Crippen molar-refractivity contribution in [3.05, 3.63) is 59.7 Å². The molecule has 1 N–H and O–H groups in total. The van der Waals surface area contributed by atoms with E-state index < -0.39 is 21.7 Å². The molecular weight excluding hydrogens is 374 g/mol. The van der Waals surface area contributed by atoms with Crippen molar-refractivity contribution in [2.24, 2.45) is 0 Å². The van der Waals surface area contributed by atoms with Gasteiger partial charge in [-0.3, -0.25) is 9.52 Å². The molecule has 0 fully saturated rings. The van der Waals surface area contributed by atoms with Crippen molar-refractivity contribution >= 4 is 21.6 Å². The topological polar surface area (TPSA) is 66.5 Å². The Morgan fingerprint density at radius 1 is 1.04 bits per heavy atom. The normalized spacial score (nSPS) is 11.3. The molecule has 146 valence electrons. The highest BCUT2D eigenvalue weighted by atomic mass is 32.2. The number of hydrogen-bond donors (Lipinski definition) is 1. The molecular formula is C19H22F2N2O3S. The van der Waals surface area contributed by atoms with Gasteiger partial charge >= 0.3 is 0 Å². The number of carbonyl (C=O) groups is 1. The van der Waals surface area contributed by atoms with E-state index in [-0.39, 0.29) is 22.1 Å². The van der Waals surface area contributed by atoms with Crippen LogP contribution < -0.4 is 4.72 Å². The summed E-state index contributed by atoms with van der Waals surface area (Å²) in [5.41, 5.74) is -0.133. The Hall–Kier alpha value is -2.48. The molecule has 0 aliphatic heterocycles. The SMILES string of the molecule is CCCN(CCC)C(=O)c1cccc(S(=O)(=O)Nc2ccc(F)cc2F)c1. The van der Waals surface area contributed by atoms with Crippen LogP contribution in [-0.2, 0) is 10.0 Å². The first-order chi connectivity index (χ1) is 12.8. The highest BCUT2D eigenvalue weighted by Crippen LogP contribution is 2.21. The molecule has 0 radical (unpaired) electrons. The van der Waals surface area contributed by atoms with Crippen molar-refractivity contribution in [1.82, 2.24) is 4.90 Å². The third-order valence-corrected chi connectivity index (χ3v) is 5.20. The molecule has 0 aliphatic carbocycles. The minimum Gasteiger partial charge on any atom is -0.339 e. The molecule has 0 aromatic heterocycles. The molecule has 0 heterocycles. The van der Waals surface area contributed by atoms with Crippen LogP contribution in [0.1, 0.15) is 37.0 Å². The van der Waals surface area contributed by atoms with Gasteiger partial charge in [-0.15, -0.1) is 0 Å². The number of benzene rings is 2. The molecule has 8 heteroatoms. The average molecular weight is 396 g/mol. The second-order valence-corrected chi connectivity index (χ2v) is 7.73. The molecule has 0 spiro atoms. The van der Waals surface area contributed by atoms with Crippen LogP contribution in [0.25, 0.3) is 0 Å². The quantitative estimate of drug-likeness (QED) is 0.733. The van der Waals surface area contributed by atoms with E-state index in [4.69, 9.17) is 0 Å². The van der Waals surface area contributed by atoms with Crippen molar-refractivity contribution in [1.29, 1.82) is 0 Å². The van der Waals surface area contributed by atoms with Gasteiger partial charge < -0.3 is 4.90 Å². The van der Waals surface area contributed by atoms with Crippen LogP contribution >= 0.6 is 0 Å². The minimum atomic E-state index is -4.14. The predicted molar refractivity (Wildman–Crippen MR) is 100 cm³/mol. The van der Waals surface area contributed by atoms with E-state index in [2.05, 4.69) is 4.72 Å². The number of halogens is 2. The van der Waals surface area contributed by atoms with Crippen LogP contribution in [0.5, 0.6) is 0 Å². The van der Waals surface area contributed by atoms with E-state index in [1.54, 1.807) is 4.90 Å². The van der Waals surface area contributed by atoms with Crippen LogP contribution in [0.2, 0.25) is 0 Å². The summed E-state index contributed by atoms with van der Waals surface area (Å²) >= 11 is 0. The molecule has 0 unspecified atom stereocenters. The van der Waals surface area contributed by atoms with Crippen molar-refractivity contribution in [3.8, 4) is 0 Å². The summed E-state index contributed by atoms with van der Waals surface area (Å²) in [4.78, 5) is 14.2. The minimum absolute atomic E-state index is 0.176. The lowest BCUT2D eigenvalue weighted by atomic mass is 10.2. The zero-order valence-corrected chi connectivity index (χ0v) is 16.0. The van der Waals surface area contributed by atoms with Crippen LogP contribution in [0.3, 0.4) is 0 Å². The second-order valence-electron chi connectivity index (χ2n) is 6.05. The summed E-state index contributed by atoms with van der Waals surface area (Å²) in [5, 5.41) is 0. The first-order valence-corrected chi connectivity index (χ1v) is 10.1. The van der Waals surface area contributed by atoms with Gasteiger partial charge in [0.1, 0.15) is 11.6 Å². The Labute approximate surface area is 158 Å². The van der Waals surface area contributed by atoms with E-state index in [0.717, 1.165) is 25.0 Å². The van der Waals surface area contributed by atoms with E-state index in [0.29, 0.717) is 19.2 Å². The molecule has 5 nitrogen and oxygen atoms in total. The Morgan fingerprint density at radius 3 is 2.30 bits per heavy atom. The van der Waals surface area contributed by atoms with Gasteiger partial charge in [0.05, 0.1) is 10.6 Å². The summed E-state index contributed by atoms with van der Waals surface area (Å²) in [6.07, 6.45) is 1.57. The highest BCUT2D eigenvalue weighted by Gasteiger charge is 2.20. The first kappa shape index (κ1) is 20.8.